The number of hydrogen-bond donors (Lipinski definition) is 0. The Morgan fingerprint density at radius 2 is 2.12 bits per heavy atom. The fraction of sp³-hybridized carbons (Fsp3) is 0.474. The molecule has 1 fully saturated rings. The normalized spacial score (nSPS) is 15.6. The van der Waals surface area contributed by atoms with E-state index in [4.69, 9.17) is 9.47 Å². The van der Waals surface area contributed by atoms with E-state index in [1.807, 2.05) is 0 Å². The van der Waals surface area contributed by atoms with E-state index in [0.717, 1.165) is 38.2 Å². The van der Waals surface area contributed by atoms with Gasteiger partial charge in [0.1, 0.15) is 11.4 Å². The second-order valence-electron chi connectivity index (χ2n) is 6.29. The maximum atomic E-state index is 13.8. The van der Waals surface area contributed by atoms with Crippen LogP contribution >= 0.6 is 0 Å². The minimum Gasteiger partial charge on any atom is -0.462 e. The number of carbonyl (C=O) groups is 1. The van der Waals surface area contributed by atoms with Crippen LogP contribution in [0.15, 0.2) is 24.4 Å². The van der Waals surface area contributed by atoms with Crippen molar-refractivity contribution in [2.45, 2.75) is 19.8 Å². The average molecular weight is 346 g/mol. The summed E-state index contributed by atoms with van der Waals surface area (Å²) in [7, 11) is 1.71. The Balaban J connectivity index is 2.02. The van der Waals surface area contributed by atoms with Crippen LogP contribution in [0.5, 0.6) is 0 Å². The van der Waals surface area contributed by atoms with Crippen molar-refractivity contribution >= 4 is 22.6 Å². The molecule has 1 saturated heterocycles. The van der Waals surface area contributed by atoms with Crippen LogP contribution in [0.3, 0.4) is 0 Å². The Hall–Kier alpha value is -2.21. The van der Waals surface area contributed by atoms with Crippen LogP contribution in [-0.4, -0.2) is 44.4 Å². The van der Waals surface area contributed by atoms with Crippen molar-refractivity contribution in [1.82, 2.24) is 4.98 Å². The number of carbonyl (C=O) groups excluding carboxylic acids is 1. The van der Waals surface area contributed by atoms with Crippen molar-refractivity contribution in [2.24, 2.45) is 5.92 Å². The molecule has 1 aromatic heterocycles. The second kappa shape index (κ2) is 7.78. The lowest BCUT2D eigenvalue weighted by Crippen LogP contribution is -2.36. The van der Waals surface area contributed by atoms with Gasteiger partial charge in [-0.15, -0.1) is 0 Å². The van der Waals surface area contributed by atoms with Crippen LogP contribution in [0, 0.1) is 11.7 Å². The molecule has 0 amide bonds. The third-order valence-electron chi connectivity index (χ3n) is 4.63. The van der Waals surface area contributed by atoms with E-state index < -0.39 is 5.97 Å². The van der Waals surface area contributed by atoms with Gasteiger partial charge in [0.25, 0.3) is 0 Å². The van der Waals surface area contributed by atoms with Gasteiger partial charge in [0.2, 0.25) is 0 Å². The molecule has 0 bridgehead atoms. The number of anilines is 1. The quantitative estimate of drug-likeness (QED) is 0.777. The first-order chi connectivity index (χ1) is 12.1. The van der Waals surface area contributed by atoms with E-state index in [1.165, 1.54) is 18.3 Å². The zero-order chi connectivity index (χ0) is 17.8. The maximum absolute atomic E-state index is 13.8. The SMILES string of the molecule is CCOC(=O)c1cnc2ccc(F)cc2c1N1CCC(COC)CC1. The molecule has 0 aliphatic carbocycles. The highest BCUT2D eigenvalue weighted by Gasteiger charge is 2.26. The van der Waals surface area contributed by atoms with Crippen molar-refractivity contribution in [2.75, 3.05) is 38.3 Å². The summed E-state index contributed by atoms with van der Waals surface area (Å²) in [6, 6.07) is 4.47. The number of rotatable bonds is 5. The van der Waals surface area contributed by atoms with Gasteiger partial charge < -0.3 is 14.4 Å². The lowest BCUT2D eigenvalue weighted by Gasteiger charge is -2.34. The number of halogens is 1. The zero-order valence-electron chi connectivity index (χ0n) is 14.6. The predicted octanol–water partition coefficient (Wildman–Crippen LogP) is 3.41. The highest BCUT2D eigenvalue weighted by molar-refractivity contribution is 6.05. The fourth-order valence-corrected chi connectivity index (χ4v) is 3.41. The van der Waals surface area contributed by atoms with E-state index >= 15 is 0 Å². The molecule has 0 atom stereocenters. The Labute approximate surface area is 146 Å². The molecule has 1 aromatic carbocycles. The van der Waals surface area contributed by atoms with Crippen LogP contribution in [0.2, 0.25) is 0 Å². The fourth-order valence-electron chi connectivity index (χ4n) is 3.41. The van der Waals surface area contributed by atoms with Crippen molar-refractivity contribution in [3.05, 3.63) is 35.8 Å². The zero-order valence-corrected chi connectivity index (χ0v) is 14.6. The van der Waals surface area contributed by atoms with Gasteiger partial charge in [0.15, 0.2) is 0 Å². The van der Waals surface area contributed by atoms with Crippen molar-refractivity contribution in [3.8, 4) is 0 Å². The molecule has 134 valence electrons. The number of esters is 1. The van der Waals surface area contributed by atoms with Crippen LogP contribution in [0.1, 0.15) is 30.1 Å². The standard InChI is InChI=1S/C19H23FN2O3/c1-3-25-19(23)16-11-21-17-5-4-14(20)10-15(17)18(16)22-8-6-13(7-9-22)12-24-2/h4-5,10-11,13H,3,6-9,12H2,1-2H3. The Morgan fingerprint density at radius 1 is 1.36 bits per heavy atom. The van der Waals surface area contributed by atoms with E-state index in [0.29, 0.717) is 22.4 Å². The third kappa shape index (κ3) is 3.74. The van der Waals surface area contributed by atoms with Crippen molar-refractivity contribution in [3.63, 3.8) is 0 Å². The molecular weight excluding hydrogens is 323 g/mol. The molecular formula is C19H23FN2O3. The number of methoxy groups -OCH3 is 1. The van der Waals surface area contributed by atoms with E-state index in [-0.39, 0.29) is 12.4 Å². The number of nitrogens with zero attached hydrogens (tertiary/aromatic N) is 2. The minimum atomic E-state index is -0.421. The molecule has 6 heteroatoms. The van der Waals surface area contributed by atoms with E-state index in [9.17, 15) is 9.18 Å². The molecule has 1 aliphatic rings. The summed E-state index contributed by atoms with van der Waals surface area (Å²) in [4.78, 5) is 18.9. The molecule has 1 aliphatic heterocycles. The van der Waals surface area contributed by atoms with Crippen molar-refractivity contribution in [1.29, 1.82) is 0 Å². The number of ether oxygens (including phenoxy) is 2. The van der Waals surface area contributed by atoms with Crippen LogP contribution < -0.4 is 4.90 Å². The average Bonchev–Trinajstić information content (AvgIpc) is 2.62. The number of aromatic nitrogens is 1. The number of fused-ring (bicyclic) bond motifs is 1. The van der Waals surface area contributed by atoms with Gasteiger partial charge in [-0.2, -0.15) is 0 Å². The summed E-state index contributed by atoms with van der Waals surface area (Å²) in [5, 5.41) is 0.649. The van der Waals surface area contributed by atoms with Gasteiger partial charge in [-0.25, -0.2) is 9.18 Å². The first kappa shape index (κ1) is 17.6. The van der Waals surface area contributed by atoms with Crippen LogP contribution in [0.4, 0.5) is 10.1 Å². The van der Waals surface area contributed by atoms with E-state index in [1.54, 1.807) is 20.1 Å². The Bertz CT molecular complexity index is 758. The first-order valence-electron chi connectivity index (χ1n) is 8.63. The number of hydrogen-bond acceptors (Lipinski definition) is 5. The van der Waals surface area contributed by atoms with E-state index in [2.05, 4.69) is 9.88 Å². The summed E-state index contributed by atoms with van der Waals surface area (Å²) in [6.07, 6.45) is 3.47. The summed E-state index contributed by atoms with van der Waals surface area (Å²) >= 11 is 0. The second-order valence-corrected chi connectivity index (χ2v) is 6.29. The highest BCUT2D eigenvalue weighted by Crippen LogP contribution is 2.33. The number of piperidine rings is 1. The number of benzene rings is 1. The minimum absolute atomic E-state index is 0.287. The molecule has 0 N–H and O–H groups in total. The molecule has 0 saturated carbocycles. The molecule has 25 heavy (non-hydrogen) atoms. The summed E-state index contributed by atoms with van der Waals surface area (Å²) in [6.45, 7) is 4.37. The van der Waals surface area contributed by atoms with Gasteiger partial charge in [-0.05, 0) is 43.9 Å². The molecule has 3 rings (SSSR count). The third-order valence-corrected chi connectivity index (χ3v) is 4.63. The first-order valence-corrected chi connectivity index (χ1v) is 8.63. The molecule has 2 heterocycles. The Morgan fingerprint density at radius 3 is 2.80 bits per heavy atom. The van der Waals surface area contributed by atoms with Gasteiger partial charge in [-0.1, -0.05) is 0 Å². The highest BCUT2D eigenvalue weighted by atomic mass is 19.1. The number of pyridine rings is 1. The maximum Gasteiger partial charge on any atom is 0.341 e. The van der Waals surface area contributed by atoms with Crippen molar-refractivity contribution < 1.29 is 18.7 Å². The van der Waals surface area contributed by atoms with Gasteiger partial charge >= 0.3 is 5.97 Å². The predicted molar refractivity (Wildman–Crippen MR) is 94.5 cm³/mol. The van der Waals surface area contributed by atoms with Gasteiger partial charge in [-0.3, -0.25) is 4.98 Å². The molecule has 5 nitrogen and oxygen atoms in total. The van der Waals surface area contributed by atoms with Gasteiger partial charge in [0.05, 0.1) is 17.8 Å². The van der Waals surface area contributed by atoms with Crippen LogP contribution in [0.25, 0.3) is 10.9 Å². The van der Waals surface area contributed by atoms with Gasteiger partial charge in [0, 0.05) is 38.4 Å². The summed E-state index contributed by atoms with van der Waals surface area (Å²) < 4.78 is 24.3. The Kier molecular flexibility index (Phi) is 5.48. The smallest absolute Gasteiger partial charge is 0.341 e. The lowest BCUT2D eigenvalue weighted by atomic mass is 9.96. The lowest BCUT2D eigenvalue weighted by molar-refractivity contribution is 0.0526. The molecule has 2 aromatic rings. The monoisotopic (exact) mass is 346 g/mol. The topological polar surface area (TPSA) is 51.7 Å². The molecule has 0 radical (unpaired) electrons. The summed E-state index contributed by atoms with van der Waals surface area (Å²) in [5.41, 5.74) is 1.78. The largest absolute Gasteiger partial charge is 0.462 e. The molecule has 0 spiro atoms. The molecule has 0 unspecified atom stereocenters. The summed E-state index contributed by atoms with van der Waals surface area (Å²) in [5.74, 6) is -0.252. The van der Waals surface area contributed by atoms with Crippen LogP contribution in [-0.2, 0) is 9.47 Å².